The predicted octanol–water partition coefficient (Wildman–Crippen LogP) is 1.42. The van der Waals surface area contributed by atoms with E-state index in [1.165, 1.54) is 36.1 Å². The Kier molecular flexibility index (Phi) is 6.90. The van der Waals surface area contributed by atoms with E-state index >= 15 is 0 Å². The van der Waals surface area contributed by atoms with E-state index < -0.39 is 14.9 Å². The molecule has 0 saturated carbocycles. The summed E-state index contributed by atoms with van der Waals surface area (Å²) in [6.45, 7) is 1.06. The van der Waals surface area contributed by atoms with Gasteiger partial charge in [0, 0.05) is 51.1 Å². The molecular weight excluding hydrogens is 448 g/mol. The third-order valence-electron chi connectivity index (χ3n) is 4.93. The number of hydrogen-bond donors (Lipinski definition) is 1. The van der Waals surface area contributed by atoms with Crippen molar-refractivity contribution in [1.29, 1.82) is 5.26 Å². The summed E-state index contributed by atoms with van der Waals surface area (Å²) < 4.78 is 28.9. The maximum absolute atomic E-state index is 13.3. The van der Waals surface area contributed by atoms with Crippen LogP contribution in [-0.4, -0.2) is 67.8 Å². The highest BCUT2D eigenvalue weighted by Gasteiger charge is 2.27. The van der Waals surface area contributed by atoms with Gasteiger partial charge in [0.15, 0.2) is 0 Å². The maximum Gasteiger partial charge on any atom is 0.281 e. The molecule has 172 valence electrons. The van der Waals surface area contributed by atoms with Gasteiger partial charge in [0.25, 0.3) is 15.7 Å². The average molecular weight is 471 g/mol. The Morgan fingerprint density at radius 3 is 2.76 bits per heavy atom. The molecule has 3 aromatic rings. The number of hydrazone groups is 1. The van der Waals surface area contributed by atoms with Crippen LogP contribution in [0.2, 0.25) is 0 Å². The number of nitro benzene ring substituents is 1. The highest BCUT2D eigenvalue weighted by atomic mass is 32.2. The topological polar surface area (TPSA) is 149 Å². The number of pyridine rings is 1. The summed E-state index contributed by atoms with van der Waals surface area (Å²) in [6, 6.07) is 8.95. The number of nitriles is 1. The average Bonchev–Trinajstić information content (AvgIpc) is 3.22. The van der Waals surface area contributed by atoms with Crippen LogP contribution < -0.4 is 10.2 Å². The summed E-state index contributed by atoms with van der Waals surface area (Å²) in [7, 11) is 0.487. The molecule has 13 heteroatoms. The zero-order valence-corrected chi connectivity index (χ0v) is 19.0. The normalized spacial score (nSPS) is 11.6. The zero-order chi connectivity index (χ0) is 24.2. The van der Waals surface area contributed by atoms with E-state index in [0.29, 0.717) is 35.4 Å². The second-order valence-electron chi connectivity index (χ2n) is 7.08. The molecule has 1 N–H and O–H groups in total. The zero-order valence-electron chi connectivity index (χ0n) is 18.2. The van der Waals surface area contributed by atoms with E-state index in [9.17, 15) is 18.5 Å². The van der Waals surface area contributed by atoms with Crippen molar-refractivity contribution in [1.82, 2.24) is 19.3 Å². The first-order valence-corrected chi connectivity index (χ1v) is 11.2. The van der Waals surface area contributed by atoms with Crippen molar-refractivity contribution < 1.29 is 13.3 Å². The number of anilines is 1. The van der Waals surface area contributed by atoms with Crippen LogP contribution >= 0.6 is 0 Å². The maximum atomic E-state index is 13.3. The lowest BCUT2D eigenvalue weighted by molar-refractivity contribution is -0.385. The summed E-state index contributed by atoms with van der Waals surface area (Å²) in [5.41, 5.74) is 1.46. The lowest BCUT2D eigenvalue weighted by Crippen LogP contribution is -2.30. The Hall–Kier alpha value is -4.02. The number of hydrogen-bond acceptors (Lipinski definition) is 9. The fourth-order valence-electron chi connectivity index (χ4n) is 3.05. The van der Waals surface area contributed by atoms with Gasteiger partial charge in [-0.2, -0.15) is 28.3 Å². The fourth-order valence-corrected chi connectivity index (χ4v) is 4.27. The van der Waals surface area contributed by atoms with E-state index in [1.54, 1.807) is 37.3 Å². The van der Waals surface area contributed by atoms with Gasteiger partial charge in [0.05, 0.1) is 40.2 Å². The van der Waals surface area contributed by atoms with Crippen LogP contribution in [0.1, 0.15) is 11.1 Å². The van der Waals surface area contributed by atoms with Crippen molar-refractivity contribution in [2.45, 2.75) is 4.90 Å². The summed E-state index contributed by atoms with van der Waals surface area (Å²) in [5, 5.41) is 31.5. The predicted molar refractivity (Wildman–Crippen MR) is 123 cm³/mol. The largest absolute Gasteiger partial charge is 0.372 e. The van der Waals surface area contributed by atoms with Crippen LogP contribution in [-0.2, 0) is 10.0 Å². The second-order valence-corrected chi connectivity index (χ2v) is 8.99. The minimum Gasteiger partial charge on any atom is -0.372 e. The molecule has 0 fully saturated rings. The minimum absolute atomic E-state index is 0.235. The van der Waals surface area contributed by atoms with Crippen LogP contribution in [0.25, 0.3) is 5.52 Å². The Labute approximate surface area is 190 Å². The van der Waals surface area contributed by atoms with Gasteiger partial charge in [0.1, 0.15) is 4.90 Å². The van der Waals surface area contributed by atoms with Crippen LogP contribution in [0, 0.1) is 21.4 Å². The van der Waals surface area contributed by atoms with Gasteiger partial charge in [0.2, 0.25) is 0 Å². The third kappa shape index (κ3) is 4.92. The van der Waals surface area contributed by atoms with E-state index in [0.717, 1.165) is 10.5 Å². The van der Waals surface area contributed by atoms with Crippen molar-refractivity contribution >= 4 is 33.1 Å². The molecule has 12 nitrogen and oxygen atoms in total. The lowest BCUT2D eigenvalue weighted by atomic mass is 10.2. The molecule has 3 rings (SSSR count). The number of fused-ring (bicyclic) bond motifs is 1. The Bertz CT molecular complexity index is 1360. The number of nitrogens with one attached hydrogen (secondary N) is 1. The van der Waals surface area contributed by atoms with Crippen LogP contribution in [0.4, 0.5) is 11.4 Å². The van der Waals surface area contributed by atoms with Gasteiger partial charge in [-0.3, -0.25) is 10.1 Å². The summed E-state index contributed by atoms with van der Waals surface area (Å²) in [6.07, 6.45) is 4.41. The molecule has 0 amide bonds. The Morgan fingerprint density at radius 2 is 2.09 bits per heavy atom. The number of nitro groups is 1. The molecule has 0 aliphatic heterocycles. The Balaban J connectivity index is 2.00. The number of rotatable bonds is 9. The first-order valence-electron chi connectivity index (χ1n) is 9.73. The molecule has 0 radical (unpaired) electrons. The van der Waals surface area contributed by atoms with Gasteiger partial charge in [-0.1, -0.05) is 0 Å². The molecule has 0 bridgehead atoms. The first kappa shape index (κ1) is 23.6. The van der Waals surface area contributed by atoms with E-state index in [-0.39, 0.29) is 10.6 Å². The molecule has 0 saturated heterocycles. The molecule has 0 unspecified atom stereocenters. The lowest BCUT2D eigenvalue weighted by Gasteiger charge is -2.23. The highest BCUT2D eigenvalue weighted by Crippen LogP contribution is 2.31. The van der Waals surface area contributed by atoms with Gasteiger partial charge in [-0.25, -0.2) is 4.52 Å². The number of benzene rings is 1. The number of likely N-dealkylation sites (N-methyl/N-ethyl adjacent to an activating group) is 2. The second kappa shape index (κ2) is 9.63. The molecule has 0 aliphatic rings. The van der Waals surface area contributed by atoms with Crippen molar-refractivity contribution in [2.75, 3.05) is 39.1 Å². The number of nitrogens with zero attached hydrogens (tertiary/aromatic N) is 7. The SMILES string of the molecule is CNCCN(C)c1ccc([N+](=O)[O-])cc1S(=O)(=O)N(C)N=Cc1cnn2ccc(C#N)cc12. The standard InChI is InChI=1S/C20H22N8O4S/c1-22-7-9-25(2)18-5-4-17(28(29)30)11-20(18)33(31,32)26(3)23-13-16-14-24-27-8-6-15(12-21)10-19(16)27/h4-6,8,10-11,13-14,22H,7,9H2,1-3H3. The molecule has 0 atom stereocenters. The molecule has 1 aromatic carbocycles. The summed E-state index contributed by atoms with van der Waals surface area (Å²) in [5.74, 6) is 0. The number of aromatic nitrogens is 2. The van der Waals surface area contributed by atoms with E-state index in [1.807, 2.05) is 6.07 Å². The van der Waals surface area contributed by atoms with Crippen molar-refractivity contribution in [3.8, 4) is 6.07 Å². The van der Waals surface area contributed by atoms with Crippen molar-refractivity contribution in [3.05, 3.63) is 64.0 Å². The molecule has 0 aliphatic carbocycles. The van der Waals surface area contributed by atoms with E-state index in [2.05, 4.69) is 15.5 Å². The van der Waals surface area contributed by atoms with Gasteiger partial charge in [-0.05, 0) is 25.2 Å². The van der Waals surface area contributed by atoms with Crippen molar-refractivity contribution in [2.24, 2.45) is 5.10 Å². The highest BCUT2D eigenvalue weighted by molar-refractivity contribution is 7.89. The molecule has 2 heterocycles. The first-order chi connectivity index (χ1) is 15.7. The monoisotopic (exact) mass is 470 g/mol. The summed E-state index contributed by atoms with van der Waals surface area (Å²) in [4.78, 5) is 12.1. The molecular formula is C20H22N8O4S. The van der Waals surface area contributed by atoms with E-state index in [4.69, 9.17) is 5.26 Å². The van der Waals surface area contributed by atoms with Crippen LogP contribution in [0.5, 0.6) is 0 Å². The smallest absolute Gasteiger partial charge is 0.281 e. The molecule has 2 aromatic heterocycles. The van der Waals surface area contributed by atoms with Gasteiger partial charge in [-0.15, -0.1) is 0 Å². The van der Waals surface area contributed by atoms with Crippen molar-refractivity contribution in [3.63, 3.8) is 0 Å². The fraction of sp³-hybridized carbons (Fsp3) is 0.250. The van der Waals surface area contributed by atoms with Gasteiger partial charge < -0.3 is 10.2 Å². The van der Waals surface area contributed by atoms with Gasteiger partial charge >= 0.3 is 0 Å². The minimum atomic E-state index is -4.23. The Morgan fingerprint density at radius 1 is 1.33 bits per heavy atom. The quantitative estimate of drug-likeness (QED) is 0.280. The number of non-ortho nitro benzene ring substituents is 1. The number of sulfonamides is 1. The summed E-state index contributed by atoms with van der Waals surface area (Å²) >= 11 is 0. The molecule has 0 spiro atoms. The third-order valence-corrected chi connectivity index (χ3v) is 6.60. The van der Waals surface area contributed by atoms with Crippen LogP contribution in [0.15, 0.2) is 52.7 Å². The molecule has 33 heavy (non-hydrogen) atoms. The van der Waals surface area contributed by atoms with Crippen LogP contribution in [0.3, 0.4) is 0 Å².